The van der Waals surface area contributed by atoms with Gasteiger partial charge in [0.2, 0.25) is 0 Å². The molecule has 1 saturated heterocycles. The zero-order chi connectivity index (χ0) is 24.8. The van der Waals surface area contributed by atoms with E-state index < -0.39 is 22.8 Å². The average Bonchev–Trinajstić information content (AvgIpc) is 3.01. The van der Waals surface area contributed by atoms with Crippen LogP contribution >= 0.6 is 23.4 Å². The first-order valence-electron chi connectivity index (χ1n) is 11.3. The first-order valence-corrected chi connectivity index (χ1v) is 12.5. The van der Waals surface area contributed by atoms with Crippen LogP contribution in [0.3, 0.4) is 0 Å². The van der Waals surface area contributed by atoms with Gasteiger partial charge in [-0.25, -0.2) is 8.78 Å². The molecule has 180 valence electrons. The van der Waals surface area contributed by atoms with Gasteiger partial charge in [-0.05, 0) is 80.3 Å². The van der Waals surface area contributed by atoms with E-state index in [0.29, 0.717) is 0 Å². The van der Waals surface area contributed by atoms with E-state index in [0.717, 1.165) is 47.3 Å². The average molecular weight is 505 g/mol. The molecule has 4 nitrogen and oxygen atoms in total. The summed E-state index contributed by atoms with van der Waals surface area (Å²) >= 11 is 6.78. The number of amides is 2. The van der Waals surface area contributed by atoms with Gasteiger partial charge in [-0.3, -0.25) is 14.5 Å². The molecular formula is C26H27ClF2N2O2S. The molecule has 34 heavy (non-hydrogen) atoms. The number of anilines is 1. The minimum absolute atomic E-state index is 0.0696. The maximum absolute atomic E-state index is 15.2. The third-order valence-corrected chi connectivity index (χ3v) is 7.75. The molecular weight excluding hydrogens is 478 g/mol. The van der Waals surface area contributed by atoms with Crippen molar-refractivity contribution in [2.45, 2.75) is 58.5 Å². The highest BCUT2D eigenvalue weighted by atomic mass is 35.5. The molecule has 1 fully saturated rings. The molecule has 0 aromatic heterocycles. The van der Waals surface area contributed by atoms with Crippen LogP contribution in [0.4, 0.5) is 19.3 Å². The Bertz CT molecular complexity index is 1180. The number of fused-ring (bicyclic) bond motifs is 1. The molecule has 2 aromatic rings. The number of rotatable bonds is 5. The van der Waals surface area contributed by atoms with Crippen LogP contribution in [0.15, 0.2) is 35.2 Å². The summed E-state index contributed by atoms with van der Waals surface area (Å²) in [6, 6.07) is 7.51. The second-order valence-corrected chi connectivity index (χ2v) is 10.9. The minimum Gasteiger partial charge on any atom is -0.366 e. The highest BCUT2D eigenvalue weighted by Gasteiger charge is 2.38. The monoisotopic (exact) mass is 504 g/mol. The summed E-state index contributed by atoms with van der Waals surface area (Å²) in [5.41, 5.74) is 2.14. The number of carbonyl (C=O) groups is 2. The van der Waals surface area contributed by atoms with E-state index in [1.807, 2.05) is 0 Å². The molecule has 0 N–H and O–H groups in total. The van der Waals surface area contributed by atoms with Crippen LogP contribution < -0.4 is 4.90 Å². The molecule has 4 rings (SSSR count). The quantitative estimate of drug-likeness (QED) is 0.399. The van der Waals surface area contributed by atoms with Gasteiger partial charge in [0.1, 0.15) is 11.6 Å². The highest BCUT2D eigenvalue weighted by molar-refractivity contribution is 8.18. The lowest BCUT2D eigenvalue weighted by Crippen LogP contribution is -2.48. The zero-order valence-electron chi connectivity index (χ0n) is 19.6. The van der Waals surface area contributed by atoms with E-state index >= 15 is 4.39 Å². The predicted octanol–water partition coefficient (Wildman–Crippen LogP) is 7.36. The Hall–Kier alpha value is -2.38. The fourth-order valence-electron chi connectivity index (χ4n) is 4.90. The molecule has 1 atom stereocenters. The molecule has 1 unspecified atom stereocenters. The lowest BCUT2D eigenvalue weighted by molar-refractivity contribution is -0.123. The Balaban J connectivity index is 1.67. The first-order chi connectivity index (χ1) is 16.0. The van der Waals surface area contributed by atoms with Crippen LogP contribution in [0.2, 0.25) is 5.02 Å². The van der Waals surface area contributed by atoms with Gasteiger partial charge in [0.25, 0.3) is 11.1 Å². The van der Waals surface area contributed by atoms with Crippen molar-refractivity contribution in [2.75, 3.05) is 11.4 Å². The number of thioether (sulfide) groups is 1. The van der Waals surface area contributed by atoms with Gasteiger partial charge < -0.3 is 4.90 Å². The van der Waals surface area contributed by atoms with Gasteiger partial charge in [-0.15, -0.1) is 0 Å². The van der Waals surface area contributed by atoms with E-state index in [9.17, 15) is 14.0 Å². The van der Waals surface area contributed by atoms with Gasteiger partial charge in [0, 0.05) is 33.9 Å². The van der Waals surface area contributed by atoms with Gasteiger partial charge in [-0.1, -0.05) is 31.5 Å². The van der Waals surface area contributed by atoms with Crippen molar-refractivity contribution in [3.05, 3.63) is 68.6 Å². The fraction of sp³-hybridized carbons (Fsp3) is 0.385. The molecule has 0 aliphatic carbocycles. The zero-order valence-corrected chi connectivity index (χ0v) is 21.2. The molecule has 0 saturated carbocycles. The van der Waals surface area contributed by atoms with E-state index in [4.69, 9.17) is 11.6 Å². The molecule has 2 aromatic carbocycles. The Morgan fingerprint density at radius 1 is 1.21 bits per heavy atom. The molecule has 2 amide bonds. The van der Waals surface area contributed by atoms with Crippen LogP contribution in [0, 0.1) is 11.6 Å². The fourth-order valence-corrected chi connectivity index (χ4v) is 5.95. The lowest BCUT2D eigenvalue weighted by atomic mass is 9.79. The summed E-state index contributed by atoms with van der Waals surface area (Å²) in [6.45, 7) is 9.11. The summed E-state index contributed by atoms with van der Waals surface area (Å²) in [6.07, 6.45) is 3.28. The number of carbonyl (C=O) groups excluding carboxylic acids is 2. The third kappa shape index (κ3) is 4.48. The van der Waals surface area contributed by atoms with E-state index in [2.05, 4.69) is 32.6 Å². The number of benzene rings is 2. The summed E-state index contributed by atoms with van der Waals surface area (Å²) in [7, 11) is 0. The second kappa shape index (κ2) is 9.34. The Labute approximate surface area is 207 Å². The Morgan fingerprint density at radius 2 is 1.94 bits per heavy atom. The smallest absolute Gasteiger partial charge is 0.293 e. The predicted molar refractivity (Wildman–Crippen MR) is 134 cm³/mol. The lowest BCUT2D eigenvalue weighted by Gasteiger charge is -2.47. The number of imide groups is 1. The van der Waals surface area contributed by atoms with Gasteiger partial charge in [0.15, 0.2) is 0 Å². The number of nitrogens with zero attached hydrogens (tertiary/aromatic N) is 2. The first kappa shape index (κ1) is 24.7. The summed E-state index contributed by atoms with van der Waals surface area (Å²) in [5.74, 6) is -1.42. The standard InChI is InChI=1S/C26H27ClF2N2O2S/c1-5-9-31-22-12-21(29)16(10-17(22)15(2)13-26(31,3)4)11-23-24(32)30(25(33)34-23)14-18-19(27)7-6-8-20(18)28/h6-8,10-12,15H,5,9,13-14H2,1-4H3/b23-11+. The molecule has 0 bridgehead atoms. The van der Waals surface area contributed by atoms with Crippen LogP contribution in [-0.4, -0.2) is 28.1 Å². The van der Waals surface area contributed by atoms with Crippen LogP contribution in [-0.2, 0) is 11.3 Å². The summed E-state index contributed by atoms with van der Waals surface area (Å²) < 4.78 is 29.4. The molecule has 2 aliphatic heterocycles. The molecule has 8 heteroatoms. The third-order valence-electron chi connectivity index (χ3n) is 6.49. The maximum atomic E-state index is 15.2. The van der Waals surface area contributed by atoms with Crippen molar-refractivity contribution in [3.8, 4) is 0 Å². The topological polar surface area (TPSA) is 40.6 Å². The van der Waals surface area contributed by atoms with Gasteiger partial charge >= 0.3 is 0 Å². The minimum atomic E-state index is -0.593. The number of hydrogen-bond donors (Lipinski definition) is 0. The maximum Gasteiger partial charge on any atom is 0.293 e. The number of hydrogen-bond acceptors (Lipinski definition) is 4. The van der Waals surface area contributed by atoms with Crippen molar-refractivity contribution in [1.82, 2.24) is 4.90 Å². The summed E-state index contributed by atoms with van der Waals surface area (Å²) in [4.78, 5) is 28.8. The second-order valence-electron chi connectivity index (χ2n) is 9.47. The van der Waals surface area contributed by atoms with Crippen LogP contribution in [0.1, 0.15) is 63.1 Å². The normalized spacial score (nSPS) is 20.9. The largest absolute Gasteiger partial charge is 0.366 e. The Kier molecular flexibility index (Phi) is 6.80. The van der Waals surface area contributed by atoms with E-state index in [1.165, 1.54) is 30.3 Å². The van der Waals surface area contributed by atoms with E-state index in [1.54, 1.807) is 6.07 Å². The van der Waals surface area contributed by atoms with E-state index in [-0.39, 0.29) is 39.1 Å². The van der Waals surface area contributed by atoms with Crippen LogP contribution in [0.5, 0.6) is 0 Å². The molecule has 0 radical (unpaired) electrons. The van der Waals surface area contributed by atoms with Gasteiger partial charge in [0.05, 0.1) is 11.4 Å². The molecule has 0 spiro atoms. The van der Waals surface area contributed by atoms with Gasteiger partial charge in [-0.2, -0.15) is 0 Å². The highest BCUT2D eigenvalue weighted by Crippen LogP contribution is 2.45. The van der Waals surface area contributed by atoms with Crippen LogP contribution in [0.25, 0.3) is 6.08 Å². The van der Waals surface area contributed by atoms with Crippen molar-refractivity contribution in [3.63, 3.8) is 0 Å². The van der Waals surface area contributed by atoms with Crippen molar-refractivity contribution >= 4 is 46.3 Å². The van der Waals surface area contributed by atoms with Crippen molar-refractivity contribution < 1.29 is 18.4 Å². The molecule has 2 aliphatic rings. The van der Waals surface area contributed by atoms with Crippen molar-refractivity contribution in [2.24, 2.45) is 0 Å². The Morgan fingerprint density at radius 3 is 2.62 bits per heavy atom. The summed E-state index contributed by atoms with van der Waals surface area (Å²) in [5, 5.41) is -0.407. The number of halogens is 3. The molecule has 2 heterocycles. The van der Waals surface area contributed by atoms with Crippen molar-refractivity contribution in [1.29, 1.82) is 0 Å². The SMILES string of the molecule is CCCN1c2cc(F)c(/C=C3/SC(=O)N(Cc4c(F)cccc4Cl)C3=O)cc2C(C)CC1(C)C.